The highest BCUT2D eigenvalue weighted by atomic mass is 16.2. The fourth-order valence-corrected chi connectivity index (χ4v) is 3.95. The number of aryl methyl sites for hydroxylation is 1. The van der Waals surface area contributed by atoms with Gasteiger partial charge in [0.2, 0.25) is 11.9 Å². The standard InChI is InChI=1S/C19H23N5O/c25-18(5-3-15-6-10-20-11-7-15)24-13-16-2-4-17(24)14-23(12-16)19-21-8-1-9-22-19/h1,6-11,16-17H,2-5,12-14H2. The molecule has 3 fully saturated rings. The zero-order valence-electron chi connectivity index (χ0n) is 14.3. The van der Waals surface area contributed by atoms with Crippen LogP contribution in [0.3, 0.4) is 0 Å². The molecule has 2 bridgehead atoms. The van der Waals surface area contributed by atoms with Crippen LogP contribution in [0.5, 0.6) is 0 Å². The van der Waals surface area contributed by atoms with Crippen LogP contribution < -0.4 is 4.90 Å². The fraction of sp³-hybridized carbons (Fsp3) is 0.474. The average molecular weight is 337 g/mol. The zero-order valence-corrected chi connectivity index (χ0v) is 14.3. The summed E-state index contributed by atoms with van der Waals surface area (Å²) >= 11 is 0. The van der Waals surface area contributed by atoms with Crippen molar-refractivity contribution in [3.8, 4) is 0 Å². The summed E-state index contributed by atoms with van der Waals surface area (Å²) < 4.78 is 0. The summed E-state index contributed by atoms with van der Waals surface area (Å²) in [7, 11) is 0. The van der Waals surface area contributed by atoms with Crippen molar-refractivity contribution in [1.29, 1.82) is 0 Å². The van der Waals surface area contributed by atoms with Gasteiger partial charge in [0.25, 0.3) is 0 Å². The molecule has 3 saturated heterocycles. The maximum absolute atomic E-state index is 12.8. The number of fused-ring (bicyclic) bond motifs is 4. The molecule has 0 N–H and O–H groups in total. The minimum absolute atomic E-state index is 0.266. The quantitative estimate of drug-likeness (QED) is 0.853. The van der Waals surface area contributed by atoms with E-state index in [0.29, 0.717) is 12.3 Å². The molecule has 6 heteroatoms. The van der Waals surface area contributed by atoms with Crippen molar-refractivity contribution in [2.24, 2.45) is 5.92 Å². The largest absolute Gasteiger partial charge is 0.338 e. The molecule has 1 amide bonds. The van der Waals surface area contributed by atoms with Crippen LogP contribution in [0.2, 0.25) is 0 Å². The molecule has 25 heavy (non-hydrogen) atoms. The molecule has 2 aromatic rings. The summed E-state index contributed by atoms with van der Waals surface area (Å²) in [5, 5.41) is 0. The highest BCUT2D eigenvalue weighted by molar-refractivity contribution is 5.77. The van der Waals surface area contributed by atoms with E-state index in [1.54, 1.807) is 24.8 Å². The van der Waals surface area contributed by atoms with Crippen LogP contribution in [0, 0.1) is 5.92 Å². The Morgan fingerprint density at radius 2 is 1.84 bits per heavy atom. The number of anilines is 1. The third-order valence-electron chi connectivity index (χ3n) is 5.25. The molecule has 3 aliphatic heterocycles. The van der Waals surface area contributed by atoms with Crippen molar-refractivity contribution < 1.29 is 4.79 Å². The van der Waals surface area contributed by atoms with Gasteiger partial charge in [-0.2, -0.15) is 0 Å². The summed E-state index contributed by atoms with van der Waals surface area (Å²) in [6.45, 7) is 2.64. The molecule has 0 spiro atoms. The van der Waals surface area contributed by atoms with Gasteiger partial charge in [-0.3, -0.25) is 9.78 Å². The van der Waals surface area contributed by atoms with Crippen LogP contribution >= 0.6 is 0 Å². The topological polar surface area (TPSA) is 62.2 Å². The van der Waals surface area contributed by atoms with Crippen LogP contribution in [0.15, 0.2) is 43.0 Å². The molecule has 2 atom stereocenters. The van der Waals surface area contributed by atoms with Crippen LogP contribution in [0.25, 0.3) is 0 Å². The molecule has 0 saturated carbocycles. The number of nitrogens with zero attached hydrogens (tertiary/aromatic N) is 5. The third kappa shape index (κ3) is 3.62. The van der Waals surface area contributed by atoms with Gasteiger partial charge in [0.1, 0.15) is 0 Å². The number of amides is 1. The van der Waals surface area contributed by atoms with Gasteiger partial charge in [-0.25, -0.2) is 9.97 Å². The van der Waals surface area contributed by atoms with E-state index in [-0.39, 0.29) is 11.9 Å². The molecule has 3 aliphatic rings. The van der Waals surface area contributed by atoms with E-state index < -0.39 is 0 Å². The van der Waals surface area contributed by atoms with Crippen LogP contribution in [0.4, 0.5) is 5.95 Å². The monoisotopic (exact) mass is 337 g/mol. The van der Waals surface area contributed by atoms with E-state index >= 15 is 0 Å². The maximum Gasteiger partial charge on any atom is 0.225 e. The second-order valence-electron chi connectivity index (χ2n) is 6.95. The molecular weight excluding hydrogens is 314 g/mol. The predicted molar refractivity (Wildman–Crippen MR) is 95.0 cm³/mol. The molecule has 5 heterocycles. The van der Waals surface area contributed by atoms with Gasteiger partial charge in [-0.1, -0.05) is 0 Å². The molecule has 130 valence electrons. The summed E-state index contributed by atoms with van der Waals surface area (Å²) in [4.78, 5) is 30.0. The maximum atomic E-state index is 12.8. The van der Waals surface area contributed by atoms with Crippen LogP contribution in [0.1, 0.15) is 24.8 Å². The van der Waals surface area contributed by atoms with E-state index in [2.05, 4.69) is 24.8 Å². The Hall–Kier alpha value is -2.50. The van der Waals surface area contributed by atoms with Crippen LogP contribution in [-0.4, -0.2) is 51.4 Å². The summed E-state index contributed by atoms with van der Waals surface area (Å²) in [6, 6.07) is 6.07. The van der Waals surface area contributed by atoms with E-state index in [9.17, 15) is 4.79 Å². The lowest BCUT2D eigenvalue weighted by atomic mass is 9.94. The number of piperidine rings is 1. The smallest absolute Gasteiger partial charge is 0.225 e. The third-order valence-corrected chi connectivity index (χ3v) is 5.25. The molecule has 2 aromatic heterocycles. The normalized spacial score (nSPS) is 22.7. The van der Waals surface area contributed by atoms with Crippen molar-refractivity contribution in [1.82, 2.24) is 19.9 Å². The van der Waals surface area contributed by atoms with E-state index in [1.165, 1.54) is 12.0 Å². The molecule has 0 aromatic carbocycles. The van der Waals surface area contributed by atoms with Gasteiger partial charge >= 0.3 is 0 Å². The van der Waals surface area contributed by atoms with Gasteiger partial charge in [-0.15, -0.1) is 0 Å². The minimum Gasteiger partial charge on any atom is -0.338 e. The number of rotatable bonds is 4. The first-order valence-electron chi connectivity index (χ1n) is 9.00. The Bertz CT molecular complexity index is 708. The Morgan fingerprint density at radius 3 is 2.64 bits per heavy atom. The minimum atomic E-state index is 0.266. The zero-order chi connectivity index (χ0) is 17.1. The molecule has 5 rings (SSSR count). The Kier molecular flexibility index (Phi) is 4.59. The van der Waals surface area contributed by atoms with E-state index in [1.807, 2.05) is 18.2 Å². The average Bonchev–Trinajstić information content (AvgIpc) is 3.00. The Labute approximate surface area is 147 Å². The second-order valence-corrected chi connectivity index (χ2v) is 6.95. The first-order chi connectivity index (χ1) is 12.3. The summed E-state index contributed by atoms with van der Waals surface area (Å²) in [5.74, 6) is 1.56. The Morgan fingerprint density at radius 1 is 1.04 bits per heavy atom. The van der Waals surface area contributed by atoms with Crippen molar-refractivity contribution in [3.63, 3.8) is 0 Å². The predicted octanol–water partition coefficient (Wildman–Crippen LogP) is 1.93. The molecule has 0 aliphatic carbocycles. The molecule has 0 radical (unpaired) electrons. The lowest BCUT2D eigenvalue weighted by molar-refractivity contribution is -0.135. The van der Waals surface area contributed by atoms with Gasteiger partial charge < -0.3 is 9.80 Å². The van der Waals surface area contributed by atoms with Gasteiger partial charge in [0.15, 0.2) is 0 Å². The SMILES string of the molecule is O=C(CCc1ccncc1)N1CC2CCC1CN(c1ncccn1)C2. The first kappa shape index (κ1) is 16.0. The van der Waals surface area contributed by atoms with E-state index in [0.717, 1.165) is 38.4 Å². The molecular formula is C19H23N5O. The van der Waals surface area contributed by atoms with Gasteiger partial charge in [0, 0.05) is 56.9 Å². The molecule has 2 unspecified atom stereocenters. The molecule has 6 nitrogen and oxygen atoms in total. The van der Waals surface area contributed by atoms with Gasteiger partial charge in [0.05, 0.1) is 0 Å². The lowest BCUT2D eigenvalue weighted by Gasteiger charge is -2.36. The first-order valence-corrected chi connectivity index (χ1v) is 9.00. The number of pyridine rings is 1. The van der Waals surface area contributed by atoms with E-state index in [4.69, 9.17) is 0 Å². The number of carbonyl (C=O) groups excluding carboxylic acids is 1. The lowest BCUT2D eigenvalue weighted by Crippen LogP contribution is -2.47. The van der Waals surface area contributed by atoms with Crippen molar-refractivity contribution in [2.45, 2.75) is 31.7 Å². The highest BCUT2D eigenvalue weighted by Gasteiger charge is 2.37. The highest BCUT2D eigenvalue weighted by Crippen LogP contribution is 2.30. The van der Waals surface area contributed by atoms with Crippen LogP contribution in [-0.2, 0) is 11.2 Å². The summed E-state index contributed by atoms with van der Waals surface area (Å²) in [6.07, 6.45) is 10.7. The second kappa shape index (κ2) is 7.17. The number of carbonyl (C=O) groups is 1. The number of hydrogen-bond acceptors (Lipinski definition) is 5. The number of aromatic nitrogens is 3. The Balaban J connectivity index is 1.42. The summed E-state index contributed by atoms with van der Waals surface area (Å²) in [5.41, 5.74) is 1.17. The van der Waals surface area contributed by atoms with Crippen molar-refractivity contribution >= 4 is 11.9 Å². The number of hydrogen-bond donors (Lipinski definition) is 0. The van der Waals surface area contributed by atoms with Gasteiger partial charge in [-0.05, 0) is 48.9 Å². The fourth-order valence-electron chi connectivity index (χ4n) is 3.95. The van der Waals surface area contributed by atoms with Crippen molar-refractivity contribution in [2.75, 3.05) is 24.5 Å². The van der Waals surface area contributed by atoms with Crippen molar-refractivity contribution in [3.05, 3.63) is 48.5 Å².